The topological polar surface area (TPSA) is 97.0 Å². The van der Waals surface area contributed by atoms with Gasteiger partial charge in [-0.05, 0) is 6.07 Å². The van der Waals surface area contributed by atoms with Crippen LogP contribution in [0, 0.1) is 0 Å². The molecular weight excluding hydrogens is 248 g/mol. The quantitative estimate of drug-likeness (QED) is 0.725. The summed E-state index contributed by atoms with van der Waals surface area (Å²) in [5.74, 6) is -0.646. The molecule has 2 amide bonds. The first kappa shape index (κ1) is 12.6. The first-order chi connectivity index (χ1) is 9.15. The fourth-order valence-electron chi connectivity index (χ4n) is 1.42. The van der Waals surface area contributed by atoms with Crippen LogP contribution in [0.15, 0.2) is 41.7 Å². The summed E-state index contributed by atoms with van der Waals surface area (Å²) in [4.78, 5) is 31.0. The average molecular weight is 260 g/mol. The van der Waals surface area contributed by atoms with E-state index in [4.69, 9.17) is 10.6 Å². The Kier molecular flexibility index (Phi) is 3.77. The Bertz CT molecular complexity index is 639. The molecule has 0 bridgehead atoms. The van der Waals surface area contributed by atoms with Gasteiger partial charge in [-0.25, -0.2) is 4.79 Å². The molecule has 0 spiro atoms. The summed E-state index contributed by atoms with van der Waals surface area (Å²) in [5.41, 5.74) is 4.90. The van der Waals surface area contributed by atoms with Crippen LogP contribution in [0.5, 0.6) is 0 Å². The maximum atomic E-state index is 11.4. The number of nitrogens with one attached hydrogen (secondary N) is 1. The van der Waals surface area contributed by atoms with Gasteiger partial charge in [-0.15, -0.1) is 0 Å². The highest BCUT2D eigenvalue weighted by Crippen LogP contribution is 1.96. The van der Waals surface area contributed by atoms with Gasteiger partial charge in [0.1, 0.15) is 0 Å². The molecular formula is C12H12N4O3. The summed E-state index contributed by atoms with van der Waals surface area (Å²) in [7, 11) is 0. The first-order valence-electron chi connectivity index (χ1n) is 5.49. The molecule has 0 saturated carbocycles. The molecule has 0 aliphatic carbocycles. The Morgan fingerprint density at radius 1 is 1.37 bits per heavy atom. The lowest BCUT2D eigenvalue weighted by molar-refractivity contribution is -0.117. The molecule has 1 aromatic carbocycles. The summed E-state index contributed by atoms with van der Waals surface area (Å²) < 4.78 is 0. The summed E-state index contributed by atoms with van der Waals surface area (Å²) in [6.45, 7) is -0.280. The van der Waals surface area contributed by atoms with Gasteiger partial charge in [-0.3, -0.25) is 9.79 Å². The van der Waals surface area contributed by atoms with Crippen molar-refractivity contribution in [3.8, 4) is 0 Å². The zero-order valence-electron chi connectivity index (χ0n) is 9.95. The van der Waals surface area contributed by atoms with Gasteiger partial charge in [0.15, 0.2) is 0 Å². The van der Waals surface area contributed by atoms with Crippen LogP contribution in [-0.2, 0) is 9.63 Å². The number of nitrogens with two attached hydrogens (primary N) is 1. The third-order valence-corrected chi connectivity index (χ3v) is 2.23. The van der Waals surface area contributed by atoms with Crippen LogP contribution in [0.25, 0.3) is 6.20 Å². The lowest BCUT2D eigenvalue weighted by atomic mass is 10.3. The van der Waals surface area contributed by atoms with Crippen LogP contribution < -0.4 is 21.6 Å². The minimum atomic E-state index is -0.779. The van der Waals surface area contributed by atoms with E-state index >= 15 is 0 Å². The lowest BCUT2D eigenvalue weighted by Crippen LogP contribution is -2.36. The van der Waals surface area contributed by atoms with E-state index in [-0.39, 0.29) is 6.54 Å². The number of rotatable bonds is 3. The van der Waals surface area contributed by atoms with Crippen molar-refractivity contribution in [1.29, 1.82) is 0 Å². The van der Waals surface area contributed by atoms with Crippen LogP contribution in [-0.4, -0.2) is 23.6 Å². The molecule has 0 fully saturated rings. The number of carbonyl (C=O) groups excluding carboxylic acids is 2. The summed E-state index contributed by atoms with van der Waals surface area (Å²) >= 11 is 0. The minimum absolute atomic E-state index is 0.280. The summed E-state index contributed by atoms with van der Waals surface area (Å²) in [5, 5.41) is 4.98. The molecule has 7 nitrogen and oxygen atoms in total. The van der Waals surface area contributed by atoms with E-state index in [0.717, 1.165) is 10.6 Å². The molecule has 98 valence electrons. The maximum absolute atomic E-state index is 11.4. The number of fused-ring (bicyclic) bond motifs is 1. The summed E-state index contributed by atoms with van der Waals surface area (Å²) in [6.07, 6.45) is 3.80. The number of carbonyl (C=O) groups is 2. The van der Waals surface area contributed by atoms with Crippen molar-refractivity contribution < 1.29 is 14.4 Å². The van der Waals surface area contributed by atoms with Crippen LogP contribution >= 0.6 is 0 Å². The average Bonchev–Trinajstić information content (AvgIpc) is 2.58. The standard InChI is InChI=1S/C12H12N4O3/c13-11(17)7-15-12(18)19-16-6-5-14-10-4-2-1-3-9(10)8-16/h1-6,8H,7H2,(H2,13,17)(H,15,18). The predicted octanol–water partition coefficient (Wildman–Crippen LogP) is -1.04. The van der Waals surface area contributed by atoms with E-state index in [1.165, 1.54) is 17.5 Å². The second kappa shape index (κ2) is 5.67. The largest absolute Gasteiger partial charge is 0.432 e. The number of hydrogen-bond acceptors (Lipinski definition) is 5. The molecule has 1 heterocycles. The van der Waals surface area contributed by atoms with E-state index in [9.17, 15) is 9.59 Å². The normalized spacial score (nSPS) is 12.5. The number of primary amides is 1. The second-order valence-electron chi connectivity index (χ2n) is 3.67. The van der Waals surface area contributed by atoms with Crippen molar-refractivity contribution in [1.82, 2.24) is 10.4 Å². The zero-order chi connectivity index (χ0) is 13.7. The van der Waals surface area contributed by atoms with Crippen molar-refractivity contribution >= 4 is 18.2 Å². The van der Waals surface area contributed by atoms with Gasteiger partial charge in [0, 0.05) is 11.4 Å². The fourth-order valence-corrected chi connectivity index (χ4v) is 1.42. The molecule has 19 heavy (non-hydrogen) atoms. The highest BCUT2D eigenvalue weighted by Gasteiger charge is 2.07. The predicted molar refractivity (Wildman–Crippen MR) is 66.3 cm³/mol. The molecule has 0 aromatic heterocycles. The number of benzene rings is 1. The van der Waals surface area contributed by atoms with Gasteiger partial charge >= 0.3 is 6.09 Å². The third kappa shape index (κ3) is 3.56. The van der Waals surface area contributed by atoms with E-state index in [0.29, 0.717) is 0 Å². The van der Waals surface area contributed by atoms with Gasteiger partial charge in [0.2, 0.25) is 5.91 Å². The van der Waals surface area contributed by atoms with Crippen molar-refractivity contribution in [3.63, 3.8) is 0 Å². The lowest BCUT2D eigenvalue weighted by Gasteiger charge is -2.13. The molecule has 1 aliphatic heterocycles. The molecule has 0 radical (unpaired) electrons. The molecule has 1 aromatic rings. The van der Waals surface area contributed by atoms with E-state index < -0.39 is 12.0 Å². The van der Waals surface area contributed by atoms with Crippen molar-refractivity contribution in [3.05, 3.63) is 47.2 Å². The molecule has 3 N–H and O–H groups in total. The summed E-state index contributed by atoms with van der Waals surface area (Å²) in [6, 6.07) is 7.39. The Labute approximate surface area is 108 Å². The highest BCUT2D eigenvalue weighted by atomic mass is 16.7. The second-order valence-corrected chi connectivity index (χ2v) is 3.67. The van der Waals surface area contributed by atoms with Gasteiger partial charge in [-0.1, -0.05) is 18.2 Å². The Balaban J connectivity index is 2.08. The Morgan fingerprint density at radius 2 is 2.16 bits per heavy atom. The van der Waals surface area contributed by atoms with E-state index in [1.54, 1.807) is 6.20 Å². The molecule has 7 heteroatoms. The molecule has 0 saturated heterocycles. The number of amides is 2. The smallest absolute Gasteiger partial charge is 0.368 e. The van der Waals surface area contributed by atoms with Crippen LogP contribution in [0.3, 0.4) is 0 Å². The van der Waals surface area contributed by atoms with Gasteiger partial charge in [-0.2, -0.15) is 5.06 Å². The number of hydrogen-bond donors (Lipinski definition) is 2. The zero-order valence-corrected chi connectivity index (χ0v) is 9.95. The first-order valence-corrected chi connectivity index (χ1v) is 5.49. The van der Waals surface area contributed by atoms with Crippen LogP contribution in [0.4, 0.5) is 4.79 Å². The Hall–Kier alpha value is -2.83. The number of hydroxylamine groups is 2. The molecule has 1 aliphatic rings. The number of para-hydroxylation sites is 1. The van der Waals surface area contributed by atoms with Crippen molar-refractivity contribution in [2.24, 2.45) is 10.7 Å². The highest BCUT2D eigenvalue weighted by molar-refractivity contribution is 5.80. The van der Waals surface area contributed by atoms with Crippen LogP contribution in [0.1, 0.15) is 0 Å². The molecule has 0 unspecified atom stereocenters. The number of nitrogens with zero attached hydrogens (tertiary/aromatic N) is 2. The minimum Gasteiger partial charge on any atom is -0.368 e. The van der Waals surface area contributed by atoms with E-state index in [1.807, 2.05) is 24.3 Å². The van der Waals surface area contributed by atoms with Crippen molar-refractivity contribution in [2.45, 2.75) is 0 Å². The monoisotopic (exact) mass is 260 g/mol. The maximum Gasteiger partial charge on any atom is 0.432 e. The molecule has 2 rings (SSSR count). The van der Waals surface area contributed by atoms with Crippen LogP contribution in [0.2, 0.25) is 0 Å². The molecule has 0 atom stereocenters. The van der Waals surface area contributed by atoms with Gasteiger partial charge in [0.25, 0.3) is 0 Å². The third-order valence-electron chi connectivity index (χ3n) is 2.23. The SMILES string of the molecule is NC(=O)CNC(=O)ON1C=CN=c2ccccc2=C1. The Morgan fingerprint density at radius 3 is 2.95 bits per heavy atom. The van der Waals surface area contributed by atoms with Gasteiger partial charge in [0.05, 0.1) is 24.3 Å². The fraction of sp³-hybridized carbons (Fsp3) is 0.0833. The van der Waals surface area contributed by atoms with E-state index in [2.05, 4.69) is 10.3 Å². The van der Waals surface area contributed by atoms with Crippen molar-refractivity contribution in [2.75, 3.05) is 6.54 Å². The van der Waals surface area contributed by atoms with Gasteiger partial charge < -0.3 is 15.9 Å².